The molecular weight excluding hydrogens is 331 g/mol. The molecule has 0 aliphatic rings. The van der Waals surface area contributed by atoms with E-state index in [1.54, 1.807) is 18.2 Å². The Bertz CT molecular complexity index is 827. The first kappa shape index (κ1) is 16.2. The molecule has 1 heterocycles. The Balaban J connectivity index is 1.89. The van der Waals surface area contributed by atoms with Gasteiger partial charge in [0.1, 0.15) is 18.2 Å². The van der Waals surface area contributed by atoms with E-state index in [4.69, 9.17) is 32.9 Å². The predicted molar refractivity (Wildman–Crippen MR) is 95.4 cm³/mol. The number of halogens is 2. The summed E-state index contributed by atoms with van der Waals surface area (Å²) < 4.78 is 8.07. The van der Waals surface area contributed by atoms with Crippen molar-refractivity contribution in [2.75, 3.05) is 0 Å². The fraction of sp³-hybridized carbons (Fsp3) is 0.278. The fourth-order valence-corrected chi connectivity index (χ4v) is 3.00. The standard InChI is InChI=1S/C18H18Cl2N2O/c1-12(2)10-22-16-6-4-3-5-15(16)21-18(22)11-23-17-8-7-13(19)9-14(17)20/h3-9,12H,10-11H2,1-2H3. The van der Waals surface area contributed by atoms with Gasteiger partial charge < -0.3 is 9.30 Å². The van der Waals surface area contributed by atoms with Crippen molar-refractivity contribution in [2.24, 2.45) is 5.92 Å². The zero-order valence-corrected chi connectivity index (χ0v) is 14.6. The minimum absolute atomic E-state index is 0.364. The molecule has 3 aromatic rings. The lowest BCUT2D eigenvalue weighted by molar-refractivity contribution is 0.288. The summed E-state index contributed by atoms with van der Waals surface area (Å²) >= 11 is 12.1. The third-order valence-electron chi connectivity index (χ3n) is 3.53. The number of benzene rings is 2. The zero-order valence-electron chi connectivity index (χ0n) is 13.1. The highest BCUT2D eigenvalue weighted by Gasteiger charge is 2.13. The quantitative estimate of drug-likeness (QED) is 0.601. The average molecular weight is 349 g/mol. The van der Waals surface area contributed by atoms with Gasteiger partial charge in [0.2, 0.25) is 0 Å². The number of rotatable bonds is 5. The number of ether oxygens (including phenoxy) is 1. The van der Waals surface area contributed by atoms with E-state index in [-0.39, 0.29) is 0 Å². The molecule has 0 atom stereocenters. The van der Waals surface area contributed by atoms with Crippen LogP contribution in [0.5, 0.6) is 5.75 Å². The fourth-order valence-electron chi connectivity index (χ4n) is 2.54. The third-order valence-corrected chi connectivity index (χ3v) is 4.06. The Kier molecular flexibility index (Phi) is 4.79. The van der Waals surface area contributed by atoms with Crippen LogP contribution in [-0.4, -0.2) is 9.55 Å². The molecule has 3 rings (SSSR count). The first-order valence-corrected chi connectivity index (χ1v) is 8.32. The summed E-state index contributed by atoms with van der Waals surface area (Å²) in [5, 5.41) is 1.10. The molecule has 0 spiro atoms. The SMILES string of the molecule is CC(C)Cn1c(COc2ccc(Cl)cc2Cl)nc2ccccc21. The molecule has 0 aliphatic heterocycles. The number of aromatic nitrogens is 2. The van der Waals surface area contributed by atoms with Gasteiger partial charge in [-0.1, -0.05) is 49.2 Å². The van der Waals surface area contributed by atoms with Crippen LogP contribution in [0.25, 0.3) is 11.0 Å². The number of nitrogens with zero attached hydrogens (tertiary/aromatic N) is 2. The van der Waals surface area contributed by atoms with Gasteiger partial charge >= 0.3 is 0 Å². The van der Waals surface area contributed by atoms with Gasteiger partial charge in [-0.3, -0.25) is 0 Å². The van der Waals surface area contributed by atoms with Crippen LogP contribution in [0.3, 0.4) is 0 Å². The van der Waals surface area contributed by atoms with E-state index >= 15 is 0 Å². The second-order valence-corrected chi connectivity index (χ2v) is 6.73. The van der Waals surface area contributed by atoms with Crippen LogP contribution in [-0.2, 0) is 13.2 Å². The molecule has 0 radical (unpaired) electrons. The van der Waals surface area contributed by atoms with E-state index < -0.39 is 0 Å². The topological polar surface area (TPSA) is 27.1 Å². The van der Waals surface area contributed by atoms with Crippen LogP contribution in [0, 0.1) is 5.92 Å². The Morgan fingerprint density at radius 1 is 1.13 bits per heavy atom. The van der Waals surface area contributed by atoms with Crippen LogP contribution >= 0.6 is 23.2 Å². The minimum atomic E-state index is 0.364. The van der Waals surface area contributed by atoms with Crippen molar-refractivity contribution >= 4 is 34.2 Å². The molecule has 0 amide bonds. The van der Waals surface area contributed by atoms with Gasteiger partial charge in [-0.15, -0.1) is 0 Å². The molecule has 0 aliphatic carbocycles. The van der Waals surface area contributed by atoms with Crippen molar-refractivity contribution in [3.05, 3.63) is 58.3 Å². The smallest absolute Gasteiger partial charge is 0.148 e. The molecule has 23 heavy (non-hydrogen) atoms. The third kappa shape index (κ3) is 3.62. The second-order valence-electron chi connectivity index (χ2n) is 5.88. The highest BCUT2D eigenvalue weighted by Crippen LogP contribution is 2.28. The molecule has 120 valence electrons. The van der Waals surface area contributed by atoms with Crippen LogP contribution in [0.15, 0.2) is 42.5 Å². The van der Waals surface area contributed by atoms with Gasteiger partial charge in [0, 0.05) is 11.6 Å². The largest absolute Gasteiger partial charge is 0.484 e. The van der Waals surface area contributed by atoms with E-state index in [0.29, 0.717) is 28.3 Å². The van der Waals surface area contributed by atoms with Crippen LogP contribution in [0.4, 0.5) is 0 Å². The second kappa shape index (κ2) is 6.81. The zero-order chi connectivity index (χ0) is 16.4. The van der Waals surface area contributed by atoms with Gasteiger partial charge in [0.05, 0.1) is 16.1 Å². The number of hydrogen-bond donors (Lipinski definition) is 0. The lowest BCUT2D eigenvalue weighted by Gasteiger charge is -2.13. The van der Waals surface area contributed by atoms with Crippen LogP contribution < -0.4 is 4.74 Å². The number of fused-ring (bicyclic) bond motifs is 1. The molecule has 0 bridgehead atoms. The number of hydrogen-bond acceptors (Lipinski definition) is 2. The number of para-hydroxylation sites is 2. The monoisotopic (exact) mass is 348 g/mol. The molecule has 0 fully saturated rings. The lowest BCUT2D eigenvalue weighted by atomic mass is 10.2. The van der Waals surface area contributed by atoms with Gasteiger partial charge in [0.25, 0.3) is 0 Å². The maximum Gasteiger partial charge on any atom is 0.148 e. The van der Waals surface area contributed by atoms with Crippen molar-refractivity contribution in [1.82, 2.24) is 9.55 Å². The van der Waals surface area contributed by atoms with E-state index in [1.807, 2.05) is 18.2 Å². The molecule has 0 saturated heterocycles. The van der Waals surface area contributed by atoms with Gasteiger partial charge in [-0.2, -0.15) is 0 Å². The van der Waals surface area contributed by atoms with E-state index in [2.05, 4.69) is 24.5 Å². The van der Waals surface area contributed by atoms with E-state index in [1.165, 1.54) is 0 Å². The van der Waals surface area contributed by atoms with Gasteiger partial charge in [-0.05, 0) is 36.2 Å². The first-order valence-electron chi connectivity index (χ1n) is 7.56. The van der Waals surface area contributed by atoms with Gasteiger partial charge in [0.15, 0.2) is 0 Å². The maximum absolute atomic E-state index is 6.16. The predicted octanol–water partition coefficient (Wildman–Crippen LogP) is 5.58. The molecule has 3 nitrogen and oxygen atoms in total. The maximum atomic E-state index is 6.16. The highest BCUT2D eigenvalue weighted by atomic mass is 35.5. The summed E-state index contributed by atoms with van der Waals surface area (Å²) in [6.07, 6.45) is 0. The normalized spacial score (nSPS) is 11.3. The molecule has 0 unspecified atom stereocenters. The summed E-state index contributed by atoms with van der Waals surface area (Å²) in [5.41, 5.74) is 2.11. The Labute approximate surface area is 145 Å². The lowest BCUT2D eigenvalue weighted by Crippen LogP contribution is -2.11. The number of imidazole rings is 1. The average Bonchev–Trinajstić information content (AvgIpc) is 2.84. The summed E-state index contributed by atoms with van der Waals surface area (Å²) in [4.78, 5) is 4.70. The first-order chi connectivity index (χ1) is 11.0. The van der Waals surface area contributed by atoms with Gasteiger partial charge in [-0.25, -0.2) is 4.98 Å². The van der Waals surface area contributed by atoms with E-state index in [0.717, 1.165) is 23.4 Å². The highest BCUT2D eigenvalue weighted by molar-refractivity contribution is 6.35. The Hall–Kier alpha value is -1.71. The van der Waals surface area contributed by atoms with Crippen LogP contribution in [0.2, 0.25) is 10.0 Å². The van der Waals surface area contributed by atoms with Crippen molar-refractivity contribution in [3.8, 4) is 5.75 Å². The summed E-state index contributed by atoms with van der Waals surface area (Å²) in [6, 6.07) is 13.3. The summed E-state index contributed by atoms with van der Waals surface area (Å²) in [5.74, 6) is 2.02. The molecule has 1 aromatic heterocycles. The minimum Gasteiger partial charge on any atom is -0.484 e. The molecule has 0 N–H and O–H groups in total. The van der Waals surface area contributed by atoms with Crippen LogP contribution in [0.1, 0.15) is 19.7 Å². The van der Waals surface area contributed by atoms with E-state index in [9.17, 15) is 0 Å². The van der Waals surface area contributed by atoms with Crippen molar-refractivity contribution in [3.63, 3.8) is 0 Å². The van der Waals surface area contributed by atoms with Crippen molar-refractivity contribution in [1.29, 1.82) is 0 Å². The summed E-state index contributed by atoms with van der Waals surface area (Å²) in [7, 11) is 0. The Morgan fingerprint density at radius 2 is 1.91 bits per heavy atom. The molecule has 2 aromatic carbocycles. The van der Waals surface area contributed by atoms with Crippen molar-refractivity contribution < 1.29 is 4.74 Å². The van der Waals surface area contributed by atoms with Crippen molar-refractivity contribution in [2.45, 2.75) is 27.0 Å². The molecule has 5 heteroatoms. The summed E-state index contributed by atoms with van der Waals surface area (Å²) in [6.45, 7) is 5.64. The molecule has 0 saturated carbocycles. The molecular formula is C18H18Cl2N2O. The Morgan fingerprint density at radius 3 is 2.65 bits per heavy atom.